The van der Waals surface area contributed by atoms with E-state index in [1.807, 2.05) is 6.92 Å². The van der Waals surface area contributed by atoms with E-state index in [-0.39, 0.29) is 16.9 Å². The molecule has 3 rings (SSSR count). The first kappa shape index (κ1) is 19.5. The van der Waals surface area contributed by atoms with Gasteiger partial charge in [-0.2, -0.15) is 13.2 Å². The lowest BCUT2D eigenvalue weighted by Gasteiger charge is -2.14. The Balaban J connectivity index is 1.98. The molecule has 0 aliphatic carbocycles. The molecule has 1 heterocycles. The first-order valence-corrected chi connectivity index (χ1v) is 8.60. The molecule has 3 aromatic rings. The summed E-state index contributed by atoms with van der Waals surface area (Å²) in [6.07, 6.45) is -0.801. The number of benzene rings is 2. The molecule has 1 aromatic heterocycles. The van der Waals surface area contributed by atoms with Crippen LogP contribution in [0.25, 0.3) is 5.69 Å². The van der Waals surface area contributed by atoms with Gasteiger partial charge in [0.1, 0.15) is 0 Å². The second kappa shape index (κ2) is 7.38. The summed E-state index contributed by atoms with van der Waals surface area (Å²) < 4.78 is 41.5. The highest BCUT2D eigenvalue weighted by Gasteiger charge is 2.31. The number of alkyl halides is 3. The second-order valence-corrected chi connectivity index (χ2v) is 6.42. The highest BCUT2D eigenvalue weighted by molar-refractivity contribution is 6.05. The third-order valence-electron chi connectivity index (χ3n) is 4.34. The van der Waals surface area contributed by atoms with Gasteiger partial charge in [0.2, 0.25) is 0 Å². The number of carbonyl (C=O) groups is 1. The van der Waals surface area contributed by atoms with Gasteiger partial charge in [0.15, 0.2) is 0 Å². The minimum Gasteiger partial charge on any atom is -0.398 e. The number of anilines is 2. The Morgan fingerprint density at radius 1 is 1.21 bits per heavy atom. The maximum Gasteiger partial charge on any atom is 0.416 e. The molecule has 0 fully saturated rings. The van der Waals surface area contributed by atoms with Crippen molar-refractivity contribution >= 4 is 17.3 Å². The highest BCUT2D eigenvalue weighted by Crippen LogP contribution is 2.33. The largest absolute Gasteiger partial charge is 0.416 e. The van der Waals surface area contributed by atoms with E-state index in [9.17, 15) is 18.0 Å². The van der Waals surface area contributed by atoms with Gasteiger partial charge in [-0.3, -0.25) is 4.79 Å². The van der Waals surface area contributed by atoms with Gasteiger partial charge in [-0.25, -0.2) is 4.98 Å². The maximum absolute atomic E-state index is 13.3. The van der Waals surface area contributed by atoms with Crippen molar-refractivity contribution in [3.05, 3.63) is 71.3 Å². The topological polar surface area (TPSA) is 72.9 Å². The summed E-state index contributed by atoms with van der Waals surface area (Å²) in [5.41, 5.74) is 7.48. The molecular formula is C20H19F3N4O. The summed E-state index contributed by atoms with van der Waals surface area (Å²) in [5.74, 6) is -0.545. The molecule has 0 unspecified atom stereocenters. The fourth-order valence-corrected chi connectivity index (χ4v) is 2.67. The number of nitrogen functional groups attached to an aromatic ring is 1. The molecule has 3 N–H and O–H groups in total. The van der Waals surface area contributed by atoms with Gasteiger partial charge in [0.25, 0.3) is 5.91 Å². The molecule has 8 heteroatoms. The van der Waals surface area contributed by atoms with E-state index in [4.69, 9.17) is 5.73 Å². The van der Waals surface area contributed by atoms with Crippen LogP contribution in [0.2, 0.25) is 0 Å². The second-order valence-electron chi connectivity index (χ2n) is 6.42. The molecule has 0 saturated carbocycles. The molecular weight excluding hydrogens is 369 g/mol. The SMILES string of the molecule is CCc1cn(-c2cc(NC(=O)c3ccc(C)c(N)c3)cc(C(F)(F)F)c2)cn1. The predicted molar refractivity (Wildman–Crippen MR) is 101 cm³/mol. The predicted octanol–water partition coefficient (Wildman–Crippen LogP) is 4.60. The summed E-state index contributed by atoms with van der Waals surface area (Å²) in [6.45, 7) is 3.70. The number of hydrogen-bond acceptors (Lipinski definition) is 3. The molecule has 5 nitrogen and oxygen atoms in total. The number of halogens is 3. The lowest BCUT2D eigenvalue weighted by molar-refractivity contribution is -0.137. The van der Waals surface area contributed by atoms with Crippen LogP contribution in [0.5, 0.6) is 0 Å². The van der Waals surface area contributed by atoms with Gasteiger partial charge in [0.05, 0.1) is 17.6 Å². The first-order valence-electron chi connectivity index (χ1n) is 8.60. The number of aryl methyl sites for hydroxylation is 2. The van der Waals surface area contributed by atoms with Gasteiger partial charge in [-0.1, -0.05) is 13.0 Å². The molecule has 1 amide bonds. The van der Waals surface area contributed by atoms with Crippen molar-refractivity contribution in [1.29, 1.82) is 0 Å². The van der Waals surface area contributed by atoms with Crippen molar-refractivity contribution in [2.75, 3.05) is 11.1 Å². The zero-order valence-corrected chi connectivity index (χ0v) is 15.3. The van der Waals surface area contributed by atoms with Crippen molar-refractivity contribution in [1.82, 2.24) is 9.55 Å². The van der Waals surface area contributed by atoms with E-state index in [0.29, 0.717) is 12.1 Å². The number of nitrogens with one attached hydrogen (secondary N) is 1. The summed E-state index contributed by atoms with van der Waals surface area (Å²) in [5, 5.41) is 2.52. The van der Waals surface area contributed by atoms with Crippen LogP contribution in [-0.2, 0) is 12.6 Å². The molecule has 146 valence electrons. The van der Waals surface area contributed by atoms with Crippen LogP contribution in [0.15, 0.2) is 48.9 Å². The number of amides is 1. The van der Waals surface area contributed by atoms with E-state index in [1.165, 1.54) is 23.0 Å². The summed E-state index contributed by atoms with van der Waals surface area (Å²) >= 11 is 0. The lowest BCUT2D eigenvalue weighted by Crippen LogP contribution is -2.14. The monoisotopic (exact) mass is 388 g/mol. The van der Waals surface area contributed by atoms with Crippen molar-refractivity contribution in [3.63, 3.8) is 0 Å². The normalized spacial score (nSPS) is 11.5. The smallest absolute Gasteiger partial charge is 0.398 e. The minimum atomic E-state index is -4.56. The Hall–Kier alpha value is -3.29. The number of rotatable bonds is 4. The molecule has 28 heavy (non-hydrogen) atoms. The number of aromatic nitrogens is 2. The Bertz CT molecular complexity index is 1020. The number of carbonyl (C=O) groups excluding carboxylic acids is 1. The quantitative estimate of drug-likeness (QED) is 0.642. The molecule has 2 aromatic carbocycles. The fraction of sp³-hybridized carbons (Fsp3) is 0.200. The third kappa shape index (κ3) is 4.16. The first-order chi connectivity index (χ1) is 13.2. The number of hydrogen-bond donors (Lipinski definition) is 2. The summed E-state index contributed by atoms with van der Waals surface area (Å²) in [7, 11) is 0. The maximum atomic E-state index is 13.3. The van der Waals surface area contributed by atoms with Crippen molar-refractivity contribution < 1.29 is 18.0 Å². The van der Waals surface area contributed by atoms with E-state index < -0.39 is 17.6 Å². The molecule has 0 atom stereocenters. The highest BCUT2D eigenvalue weighted by atomic mass is 19.4. The average molecular weight is 388 g/mol. The molecule has 0 radical (unpaired) electrons. The average Bonchev–Trinajstić information content (AvgIpc) is 3.12. The van der Waals surface area contributed by atoms with E-state index in [1.54, 1.807) is 25.3 Å². The molecule has 0 spiro atoms. The fourth-order valence-electron chi connectivity index (χ4n) is 2.67. The summed E-state index contributed by atoms with van der Waals surface area (Å²) in [6, 6.07) is 8.12. The van der Waals surface area contributed by atoms with Crippen LogP contribution in [-0.4, -0.2) is 15.5 Å². The van der Waals surface area contributed by atoms with E-state index in [0.717, 1.165) is 23.4 Å². The number of nitrogens with two attached hydrogens (primary N) is 1. The van der Waals surface area contributed by atoms with Crippen molar-refractivity contribution in [2.45, 2.75) is 26.4 Å². The van der Waals surface area contributed by atoms with Crippen LogP contribution in [0.3, 0.4) is 0 Å². The van der Waals surface area contributed by atoms with Crippen LogP contribution < -0.4 is 11.1 Å². The Labute approximate surface area is 160 Å². The van der Waals surface area contributed by atoms with Crippen LogP contribution >= 0.6 is 0 Å². The Morgan fingerprint density at radius 2 is 1.96 bits per heavy atom. The van der Waals surface area contributed by atoms with E-state index >= 15 is 0 Å². The van der Waals surface area contributed by atoms with Crippen molar-refractivity contribution in [2.24, 2.45) is 0 Å². The zero-order valence-electron chi connectivity index (χ0n) is 15.3. The van der Waals surface area contributed by atoms with Gasteiger partial charge < -0.3 is 15.6 Å². The van der Waals surface area contributed by atoms with Crippen LogP contribution in [0, 0.1) is 6.92 Å². The van der Waals surface area contributed by atoms with Gasteiger partial charge in [-0.05, 0) is 49.2 Å². The Kier molecular flexibility index (Phi) is 5.13. The standard InChI is InChI=1S/C20H19F3N4O/c1-3-15-10-27(11-25-15)17-8-14(20(21,22)23)7-16(9-17)26-19(28)13-5-4-12(2)18(24)6-13/h4-11H,3,24H2,1-2H3,(H,26,28). The molecule has 0 saturated heterocycles. The molecule has 0 bridgehead atoms. The number of nitrogens with zero attached hydrogens (tertiary/aromatic N) is 2. The number of imidazole rings is 1. The third-order valence-corrected chi connectivity index (χ3v) is 4.34. The van der Waals surface area contributed by atoms with Crippen molar-refractivity contribution in [3.8, 4) is 5.69 Å². The van der Waals surface area contributed by atoms with E-state index in [2.05, 4.69) is 10.3 Å². The minimum absolute atomic E-state index is 0.0284. The van der Waals surface area contributed by atoms with Gasteiger partial charge in [0, 0.05) is 28.8 Å². The molecule has 0 aliphatic rings. The zero-order chi connectivity index (χ0) is 20.5. The summed E-state index contributed by atoms with van der Waals surface area (Å²) in [4.78, 5) is 16.6. The molecule has 0 aliphatic heterocycles. The van der Waals surface area contributed by atoms with Gasteiger partial charge >= 0.3 is 6.18 Å². The Morgan fingerprint density at radius 3 is 2.57 bits per heavy atom. The van der Waals surface area contributed by atoms with Crippen LogP contribution in [0.4, 0.5) is 24.5 Å². The van der Waals surface area contributed by atoms with Gasteiger partial charge in [-0.15, -0.1) is 0 Å². The lowest BCUT2D eigenvalue weighted by atomic mass is 10.1. The van der Waals surface area contributed by atoms with Crippen LogP contribution in [0.1, 0.15) is 34.1 Å².